The maximum Gasteiger partial charge on any atom is 0.246 e. The minimum Gasteiger partial charge on any atom is -0.352 e. The molecule has 0 radical (unpaired) electrons. The maximum atomic E-state index is 13.1. The molecule has 0 unspecified atom stereocenters. The van der Waals surface area contributed by atoms with Crippen molar-refractivity contribution in [3.63, 3.8) is 0 Å². The number of hydrogen-bond donors (Lipinski definition) is 2. The van der Waals surface area contributed by atoms with Gasteiger partial charge in [-0.3, -0.25) is 9.59 Å². The number of hydrazone groups is 1. The van der Waals surface area contributed by atoms with Crippen molar-refractivity contribution in [3.05, 3.63) is 0 Å². The summed E-state index contributed by atoms with van der Waals surface area (Å²) in [5, 5.41) is 7.72. The van der Waals surface area contributed by atoms with Crippen LogP contribution >= 0.6 is 0 Å². The highest BCUT2D eigenvalue weighted by molar-refractivity contribution is 6.00. The van der Waals surface area contributed by atoms with Gasteiger partial charge >= 0.3 is 0 Å². The Balaban J connectivity index is 1.03. The molecule has 0 aliphatic heterocycles. The maximum absolute atomic E-state index is 13.1. The molecule has 0 atom stereocenters. The zero-order valence-corrected chi connectivity index (χ0v) is 18.4. The first-order valence-corrected chi connectivity index (χ1v) is 12.6. The van der Waals surface area contributed by atoms with Crippen molar-refractivity contribution in [1.29, 1.82) is 0 Å². The quantitative estimate of drug-likeness (QED) is 0.530. The summed E-state index contributed by atoms with van der Waals surface area (Å²) in [6.07, 6.45) is 14.1. The largest absolute Gasteiger partial charge is 0.352 e. The van der Waals surface area contributed by atoms with E-state index in [1.54, 1.807) is 0 Å². The van der Waals surface area contributed by atoms with Crippen LogP contribution in [-0.4, -0.2) is 23.6 Å². The third-order valence-electron chi connectivity index (χ3n) is 9.84. The van der Waals surface area contributed by atoms with Crippen LogP contribution in [0.5, 0.6) is 0 Å². The average molecular weight is 412 g/mol. The van der Waals surface area contributed by atoms with E-state index in [0.29, 0.717) is 24.3 Å². The number of amides is 2. The van der Waals surface area contributed by atoms with Crippen LogP contribution in [0.1, 0.15) is 84.0 Å². The molecule has 0 aromatic rings. The van der Waals surface area contributed by atoms with Gasteiger partial charge < -0.3 is 5.32 Å². The lowest BCUT2D eigenvalue weighted by Gasteiger charge is -2.55. The van der Waals surface area contributed by atoms with Gasteiger partial charge in [0.25, 0.3) is 0 Å². The van der Waals surface area contributed by atoms with Crippen LogP contribution in [0.15, 0.2) is 5.10 Å². The number of carbonyl (C=O) groups is 2. The van der Waals surface area contributed by atoms with Gasteiger partial charge in [0.15, 0.2) is 0 Å². The van der Waals surface area contributed by atoms with Gasteiger partial charge in [0, 0.05) is 11.8 Å². The van der Waals surface area contributed by atoms with Gasteiger partial charge in [-0.15, -0.1) is 0 Å². The Labute approximate surface area is 180 Å². The molecule has 8 aliphatic rings. The van der Waals surface area contributed by atoms with Gasteiger partial charge in [0.1, 0.15) is 0 Å². The molecule has 8 rings (SSSR count). The Morgan fingerprint density at radius 3 is 1.83 bits per heavy atom. The second kappa shape index (κ2) is 7.06. The normalized spacial score (nSPS) is 48.1. The van der Waals surface area contributed by atoms with E-state index in [1.165, 1.54) is 51.4 Å². The van der Waals surface area contributed by atoms with Gasteiger partial charge in [-0.1, -0.05) is 0 Å². The summed E-state index contributed by atoms with van der Waals surface area (Å²) in [5.41, 5.74) is 3.41. The molecule has 0 aromatic heterocycles. The molecule has 8 bridgehead atoms. The fourth-order valence-electron chi connectivity index (χ4n) is 9.32. The van der Waals surface area contributed by atoms with Crippen molar-refractivity contribution < 1.29 is 9.59 Å². The topological polar surface area (TPSA) is 70.6 Å². The predicted octanol–water partition coefficient (Wildman–Crippen LogP) is 4.03. The van der Waals surface area contributed by atoms with E-state index in [2.05, 4.69) is 15.8 Å². The first-order valence-electron chi connectivity index (χ1n) is 12.6. The van der Waals surface area contributed by atoms with Crippen molar-refractivity contribution in [1.82, 2.24) is 10.7 Å². The molecule has 8 saturated carbocycles. The molecular formula is C25H37N3O2. The molecule has 0 heterocycles. The van der Waals surface area contributed by atoms with Crippen molar-refractivity contribution in [2.24, 2.45) is 51.9 Å². The Morgan fingerprint density at radius 2 is 1.30 bits per heavy atom. The highest BCUT2D eigenvalue weighted by Crippen LogP contribution is 2.60. The summed E-state index contributed by atoms with van der Waals surface area (Å²) in [6, 6.07) is 0.375. The van der Waals surface area contributed by atoms with E-state index in [1.807, 2.05) is 6.92 Å². The average Bonchev–Trinajstić information content (AvgIpc) is 2.67. The lowest BCUT2D eigenvalue weighted by molar-refractivity contribution is -0.146. The molecule has 2 N–H and O–H groups in total. The van der Waals surface area contributed by atoms with E-state index < -0.39 is 0 Å². The Morgan fingerprint density at radius 1 is 0.800 bits per heavy atom. The Kier molecular flexibility index (Phi) is 4.55. The van der Waals surface area contributed by atoms with E-state index in [9.17, 15) is 9.59 Å². The SMILES string of the molecule is CC(CC(=O)NC1C2CC3CC(C2)CC1C3)=NNC(=O)C12CC3CC(CC(C3)C1)C2. The van der Waals surface area contributed by atoms with Crippen LogP contribution in [0.25, 0.3) is 0 Å². The van der Waals surface area contributed by atoms with Crippen molar-refractivity contribution in [2.75, 3.05) is 0 Å². The smallest absolute Gasteiger partial charge is 0.246 e. The van der Waals surface area contributed by atoms with Crippen LogP contribution in [0, 0.1) is 46.8 Å². The third kappa shape index (κ3) is 3.31. The molecule has 2 amide bonds. The number of hydrogen-bond acceptors (Lipinski definition) is 3. The summed E-state index contributed by atoms with van der Waals surface area (Å²) in [6.45, 7) is 1.87. The van der Waals surface area contributed by atoms with Gasteiger partial charge in [-0.25, -0.2) is 5.43 Å². The molecule has 0 aromatic carbocycles. The first-order chi connectivity index (χ1) is 14.5. The second-order valence-corrected chi connectivity index (χ2v) is 12.2. The van der Waals surface area contributed by atoms with Gasteiger partial charge in [0.2, 0.25) is 11.8 Å². The molecule has 5 nitrogen and oxygen atoms in total. The minimum atomic E-state index is -0.179. The molecule has 5 heteroatoms. The highest BCUT2D eigenvalue weighted by Gasteiger charge is 2.54. The zero-order chi connectivity index (χ0) is 20.5. The molecule has 8 fully saturated rings. The van der Waals surface area contributed by atoms with Gasteiger partial charge in [-0.05, 0) is 119 Å². The van der Waals surface area contributed by atoms with Crippen molar-refractivity contribution in [3.8, 4) is 0 Å². The van der Waals surface area contributed by atoms with E-state index >= 15 is 0 Å². The number of rotatable bonds is 5. The fourth-order valence-corrected chi connectivity index (χ4v) is 9.32. The molecule has 8 aliphatic carbocycles. The van der Waals surface area contributed by atoms with Crippen molar-refractivity contribution >= 4 is 17.5 Å². The molecular weight excluding hydrogens is 374 g/mol. The fraction of sp³-hybridized carbons (Fsp3) is 0.880. The Bertz CT molecular complexity index is 709. The minimum absolute atomic E-state index is 0.0813. The molecule has 0 saturated heterocycles. The van der Waals surface area contributed by atoms with E-state index in [-0.39, 0.29) is 17.2 Å². The molecule has 164 valence electrons. The summed E-state index contributed by atoms with van der Waals surface area (Å²) in [4.78, 5) is 25.8. The van der Waals surface area contributed by atoms with Crippen LogP contribution in [0.3, 0.4) is 0 Å². The number of nitrogens with one attached hydrogen (secondary N) is 2. The monoisotopic (exact) mass is 411 g/mol. The summed E-state index contributed by atoms with van der Waals surface area (Å²) in [5.74, 6) is 5.67. The predicted molar refractivity (Wildman–Crippen MR) is 115 cm³/mol. The van der Waals surface area contributed by atoms with E-state index in [0.717, 1.165) is 54.6 Å². The lowest BCUT2D eigenvalue weighted by atomic mass is 9.49. The molecule has 30 heavy (non-hydrogen) atoms. The van der Waals surface area contributed by atoms with Gasteiger partial charge in [0.05, 0.1) is 11.8 Å². The summed E-state index contributed by atoms with van der Waals surface area (Å²) < 4.78 is 0. The zero-order valence-electron chi connectivity index (χ0n) is 18.4. The van der Waals surface area contributed by atoms with Crippen LogP contribution in [0.4, 0.5) is 0 Å². The number of carbonyl (C=O) groups excluding carboxylic acids is 2. The molecule has 0 spiro atoms. The van der Waals surface area contributed by atoms with Crippen LogP contribution in [-0.2, 0) is 9.59 Å². The first kappa shape index (κ1) is 19.3. The van der Waals surface area contributed by atoms with Crippen molar-refractivity contribution in [2.45, 2.75) is 90.0 Å². The second-order valence-electron chi connectivity index (χ2n) is 12.2. The lowest BCUT2D eigenvalue weighted by Crippen LogP contribution is -2.56. The number of nitrogens with zero attached hydrogens (tertiary/aromatic N) is 1. The van der Waals surface area contributed by atoms with Gasteiger partial charge in [-0.2, -0.15) is 5.10 Å². The van der Waals surface area contributed by atoms with E-state index in [4.69, 9.17) is 0 Å². The summed E-state index contributed by atoms with van der Waals surface area (Å²) in [7, 11) is 0. The van der Waals surface area contributed by atoms with Crippen LogP contribution < -0.4 is 10.7 Å². The Hall–Kier alpha value is -1.39. The van der Waals surface area contributed by atoms with Crippen LogP contribution in [0.2, 0.25) is 0 Å². The third-order valence-corrected chi connectivity index (χ3v) is 9.84. The summed E-state index contributed by atoms with van der Waals surface area (Å²) >= 11 is 0. The standard InChI is InChI=1S/C25H37N3O2/c1-14(2-22(29)26-23-20-7-15-3-16(9-20)10-21(23)8-15)27-28-24(30)25-11-17-4-18(12-25)6-19(5-17)13-25/h15-21,23H,2-13H2,1H3,(H,26,29)(H,28,30). The highest BCUT2D eigenvalue weighted by atomic mass is 16.2.